The van der Waals surface area contributed by atoms with Crippen molar-refractivity contribution in [3.05, 3.63) is 58.2 Å². The summed E-state index contributed by atoms with van der Waals surface area (Å²) in [6.45, 7) is 3.21. The average molecular weight is 509 g/mol. The number of nitrogens with zero attached hydrogens (tertiary/aromatic N) is 4. The highest BCUT2D eigenvalue weighted by Gasteiger charge is 2.31. The highest BCUT2D eigenvalue weighted by molar-refractivity contribution is 7.89. The molecule has 0 radical (unpaired) electrons. The molecule has 11 heteroatoms. The number of rotatable bonds is 5. The summed E-state index contributed by atoms with van der Waals surface area (Å²) >= 11 is 12.2. The molecule has 0 saturated carbocycles. The van der Waals surface area contributed by atoms with Crippen LogP contribution in [0.5, 0.6) is 0 Å². The number of carbonyl (C=O) groups excluding carboxylic acids is 1. The number of carbonyl (C=O) groups is 1. The van der Waals surface area contributed by atoms with Gasteiger partial charge in [0.05, 0.1) is 27.7 Å². The Morgan fingerprint density at radius 2 is 1.73 bits per heavy atom. The lowest BCUT2D eigenvalue weighted by molar-refractivity contribution is 0.0520. The van der Waals surface area contributed by atoms with Crippen LogP contribution in [0.3, 0.4) is 0 Å². The van der Waals surface area contributed by atoms with Crippen LogP contribution in [0.25, 0.3) is 11.0 Å². The molecule has 3 aromatic rings. The van der Waals surface area contributed by atoms with Crippen LogP contribution in [0.15, 0.2) is 47.4 Å². The second-order valence-electron chi connectivity index (χ2n) is 7.40. The van der Waals surface area contributed by atoms with E-state index in [1.54, 1.807) is 25.1 Å². The second-order valence-corrected chi connectivity index (χ2v) is 10.1. The van der Waals surface area contributed by atoms with Gasteiger partial charge in [0.25, 0.3) is 0 Å². The van der Waals surface area contributed by atoms with Crippen molar-refractivity contribution in [3.8, 4) is 0 Å². The highest BCUT2D eigenvalue weighted by atomic mass is 35.5. The van der Waals surface area contributed by atoms with Crippen LogP contribution in [0, 0.1) is 0 Å². The molecule has 0 bridgehead atoms. The highest BCUT2D eigenvalue weighted by Crippen LogP contribution is 2.32. The Morgan fingerprint density at radius 3 is 2.45 bits per heavy atom. The molecule has 1 aliphatic rings. The molecule has 1 fully saturated rings. The maximum absolute atomic E-state index is 13.3. The summed E-state index contributed by atoms with van der Waals surface area (Å²) < 4.78 is 33.1. The minimum Gasteiger partial charge on any atom is -0.461 e. The summed E-state index contributed by atoms with van der Waals surface area (Å²) in [5, 5.41) is 0.185. The third-order valence-electron chi connectivity index (χ3n) is 5.31. The first-order chi connectivity index (χ1) is 15.8. The Hall–Kier alpha value is -2.46. The van der Waals surface area contributed by atoms with Crippen molar-refractivity contribution in [3.63, 3.8) is 0 Å². The molecule has 8 nitrogen and oxygen atoms in total. The summed E-state index contributed by atoms with van der Waals surface area (Å²) in [6, 6.07) is 11.8. The molecule has 4 rings (SSSR count). The van der Waals surface area contributed by atoms with Gasteiger partial charge in [-0.2, -0.15) is 4.31 Å². The van der Waals surface area contributed by atoms with Crippen molar-refractivity contribution in [2.24, 2.45) is 0 Å². The van der Waals surface area contributed by atoms with Crippen LogP contribution >= 0.6 is 23.2 Å². The number of hydrogen-bond donors (Lipinski definition) is 0. The van der Waals surface area contributed by atoms with Crippen molar-refractivity contribution < 1.29 is 17.9 Å². The predicted molar refractivity (Wildman–Crippen MR) is 128 cm³/mol. The van der Waals surface area contributed by atoms with Crippen LogP contribution in [0.2, 0.25) is 10.0 Å². The predicted octanol–water partition coefficient (Wildman–Crippen LogP) is 4.01. The van der Waals surface area contributed by atoms with Crippen molar-refractivity contribution in [1.29, 1.82) is 0 Å². The van der Waals surface area contributed by atoms with Gasteiger partial charge in [-0.05, 0) is 37.6 Å². The van der Waals surface area contributed by atoms with Gasteiger partial charge in [-0.15, -0.1) is 0 Å². The molecule has 1 saturated heterocycles. The molecule has 1 aliphatic heterocycles. The molecule has 0 N–H and O–H groups in total. The van der Waals surface area contributed by atoms with Gasteiger partial charge in [0.2, 0.25) is 10.0 Å². The van der Waals surface area contributed by atoms with Gasteiger partial charge in [0.1, 0.15) is 4.90 Å². The Kier molecular flexibility index (Phi) is 7.04. The molecule has 1 aromatic heterocycles. The molecule has 2 heterocycles. The number of anilines is 1. The third kappa shape index (κ3) is 4.77. The van der Waals surface area contributed by atoms with E-state index >= 15 is 0 Å². The number of para-hydroxylation sites is 2. The average Bonchev–Trinajstić information content (AvgIpc) is 3.07. The van der Waals surface area contributed by atoms with Gasteiger partial charge >= 0.3 is 5.97 Å². The Morgan fingerprint density at radius 1 is 1.00 bits per heavy atom. The molecule has 0 unspecified atom stereocenters. The number of hydrogen-bond acceptors (Lipinski definition) is 7. The Labute approximate surface area is 202 Å². The van der Waals surface area contributed by atoms with Crippen LogP contribution in [0.4, 0.5) is 5.82 Å². The van der Waals surface area contributed by atoms with Crippen molar-refractivity contribution >= 4 is 56.0 Å². The molecular formula is C22H22Cl2N4O4S. The zero-order chi connectivity index (χ0) is 23.6. The van der Waals surface area contributed by atoms with Crippen LogP contribution in [0.1, 0.15) is 23.8 Å². The Bertz CT molecular complexity index is 1300. The SMILES string of the molecule is CCOC(=O)c1nc2ccccc2nc1N1CCCN(S(=O)(=O)c2cccc(Cl)c2Cl)CC1. The van der Waals surface area contributed by atoms with Crippen LogP contribution < -0.4 is 4.90 Å². The maximum Gasteiger partial charge on any atom is 0.360 e. The Balaban J connectivity index is 1.65. The second kappa shape index (κ2) is 9.80. The normalized spacial score (nSPS) is 15.4. The number of halogens is 2. The molecular weight excluding hydrogens is 487 g/mol. The number of ether oxygens (including phenoxy) is 1. The van der Waals surface area contributed by atoms with Crippen molar-refractivity contribution in [2.75, 3.05) is 37.7 Å². The van der Waals surface area contributed by atoms with Crippen molar-refractivity contribution in [1.82, 2.24) is 14.3 Å². The monoisotopic (exact) mass is 508 g/mol. The number of aromatic nitrogens is 2. The molecule has 2 aromatic carbocycles. The number of benzene rings is 2. The van der Waals surface area contributed by atoms with E-state index in [0.29, 0.717) is 36.4 Å². The fourth-order valence-electron chi connectivity index (χ4n) is 3.72. The van der Waals surface area contributed by atoms with Gasteiger partial charge in [-0.1, -0.05) is 41.4 Å². The molecule has 0 atom stereocenters. The summed E-state index contributed by atoms with van der Waals surface area (Å²) in [4.78, 5) is 23.6. The van der Waals surface area contributed by atoms with E-state index in [9.17, 15) is 13.2 Å². The minimum atomic E-state index is -3.85. The zero-order valence-corrected chi connectivity index (χ0v) is 20.2. The lowest BCUT2D eigenvalue weighted by atomic mass is 10.2. The van der Waals surface area contributed by atoms with E-state index < -0.39 is 16.0 Å². The van der Waals surface area contributed by atoms with E-state index in [2.05, 4.69) is 9.97 Å². The van der Waals surface area contributed by atoms with E-state index in [0.717, 1.165) is 0 Å². The first-order valence-electron chi connectivity index (χ1n) is 10.5. The third-order valence-corrected chi connectivity index (χ3v) is 8.18. The van der Waals surface area contributed by atoms with E-state index in [1.165, 1.54) is 10.4 Å². The number of sulfonamides is 1. The van der Waals surface area contributed by atoms with E-state index in [4.69, 9.17) is 27.9 Å². The summed E-state index contributed by atoms with van der Waals surface area (Å²) in [6.07, 6.45) is 0.522. The molecule has 174 valence electrons. The van der Waals surface area contributed by atoms with E-state index in [-0.39, 0.29) is 40.3 Å². The standard InChI is InChI=1S/C22H22Cl2N4O4S/c1-2-32-22(29)20-21(26-17-9-4-3-8-16(17)25-20)27-11-6-12-28(14-13-27)33(30,31)18-10-5-7-15(23)19(18)24/h3-5,7-10H,2,6,11-14H2,1H3. The summed E-state index contributed by atoms with van der Waals surface area (Å²) in [7, 11) is -3.85. The van der Waals surface area contributed by atoms with Gasteiger partial charge < -0.3 is 9.64 Å². The lowest BCUT2D eigenvalue weighted by Crippen LogP contribution is -2.36. The van der Waals surface area contributed by atoms with Crippen LogP contribution in [-0.2, 0) is 14.8 Å². The molecule has 33 heavy (non-hydrogen) atoms. The van der Waals surface area contributed by atoms with E-state index in [1.807, 2.05) is 23.1 Å². The fourth-order valence-corrected chi connectivity index (χ4v) is 5.92. The molecule has 0 aliphatic carbocycles. The smallest absolute Gasteiger partial charge is 0.360 e. The van der Waals surface area contributed by atoms with Gasteiger partial charge in [-0.25, -0.2) is 23.2 Å². The quantitative estimate of drug-likeness (QED) is 0.480. The summed E-state index contributed by atoms with van der Waals surface area (Å²) in [5.41, 5.74) is 1.34. The lowest BCUT2D eigenvalue weighted by Gasteiger charge is -2.24. The topological polar surface area (TPSA) is 92.7 Å². The number of esters is 1. The van der Waals surface area contributed by atoms with Gasteiger partial charge in [0, 0.05) is 26.2 Å². The number of fused-ring (bicyclic) bond motifs is 1. The van der Waals surface area contributed by atoms with Gasteiger partial charge in [-0.3, -0.25) is 0 Å². The van der Waals surface area contributed by atoms with Crippen LogP contribution in [-0.4, -0.2) is 61.4 Å². The molecule has 0 amide bonds. The fraction of sp³-hybridized carbons (Fsp3) is 0.318. The molecule has 0 spiro atoms. The van der Waals surface area contributed by atoms with Crippen molar-refractivity contribution in [2.45, 2.75) is 18.2 Å². The first kappa shape index (κ1) is 23.7. The first-order valence-corrected chi connectivity index (χ1v) is 12.7. The van der Waals surface area contributed by atoms with Gasteiger partial charge in [0.15, 0.2) is 11.5 Å². The maximum atomic E-state index is 13.3. The minimum absolute atomic E-state index is 0.00487. The zero-order valence-electron chi connectivity index (χ0n) is 17.9. The largest absolute Gasteiger partial charge is 0.461 e. The summed E-state index contributed by atoms with van der Waals surface area (Å²) in [5.74, 6) is -0.183.